The lowest BCUT2D eigenvalue weighted by molar-refractivity contribution is -0.119. The van der Waals surface area contributed by atoms with Crippen LogP contribution in [0.3, 0.4) is 0 Å². The molecule has 4 aromatic rings. The van der Waals surface area contributed by atoms with Crippen molar-refractivity contribution in [1.82, 2.24) is 29.4 Å². The van der Waals surface area contributed by atoms with Crippen molar-refractivity contribution in [3.05, 3.63) is 53.7 Å². The molecule has 5 rings (SSSR count). The Morgan fingerprint density at radius 2 is 1.95 bits per heavy atom. The fraction of sp³-hybridized carbons (Fsp3) is 0.370. The Labute approximate surface area is 240 Å². The molecule has 14 heteroatoms. The number of carbonyl (C=O) groups excluding carboxylic acids is 2. The minimum atomic E-state index is -0.426. The number of halogens is 1. The molecule has 0 bridgehead atoms. The van der Waals surface area contributed by atoms with Crippen LogP contribution in [-0.4, -0.2) is 58.8 Å². The summed E-state index contributed by atoms with van der Waals surface area (Å²) >= 11 is 5.97. The molecule has 41 heavy (non-hydrogen) atoms. The number of Topliss-reactive ketones (excluding diaryl/α,β-unsaturated/α-hetero) is 1. The molecule has 0 radical (unpaired) electrons. The van der Waals surface area contributed by atoms with Gasteiger partial charge in [-0.15, -0.1) is 5.10 Å². The highest BCUT2D eigenvalue weighted by Gasteiger charge is 2.24. The zero-order chi connectivity index (χ0) is 28.8. The zero-order valence-corrected chi connectivity index (χ0v) is 22.9. The first kappa shape index (κ1) is 28.0. The number of imidazole rings is 1. The average Bonchev–Trinajstić information content (AvgIpc) is 3.57. The molecule has 4 N–H and O–H groups in total. The number of nitriles is 1. The van der Waals surface area contributed by atoms with Crippen LogP contribution in [0.4, 0.5) is 23.0 Å². The summed E-state index contributed by atoms with van der Waals surface area (Å²) in [6.07, 6.45) is 8.54. The Morgan fingerprint density at radius 3 is 2.71 bits per heavy atom. The van der Waals surface area contributed by atoms with E-state index in [2.05, 4.69) is 31.0 Å². The van der Waals surface area contributed by atoms with Crippen LogP contribution >= 0.6 is 11.6 Å². The summed E-state index contributed by atoms with van der Waals surface area (Å²) < 4.78 is 3.09. The highest BCUT2D eigenvalue weighted by atomic mass is 35.5. The smallest absolute Gasteiger partial charge is 0.276 e. The quantitative estimate of drug-likeness (QED) is 0.192. The topological polar surface area (TPSA) is 175 Å². The first-order valence-electron chi connectivity index (χ1n) is 13.3. The number of amides is 1. The van der Waals surface area contributed by atoms with Crippen molar-refractivity contribution in [2.24, 2.45) is 5.92 Å². The van der Waals surface area contributed by atoms with Crippen molar-refractivity contribution in [3.63, 3.8) is 0 Å². The highest BCUT2D eigenvalue weighted by Crippen LogP contribution is 2.30. The predicted molar refractivity (Wildman–Crippen MR) is 152 cm³/mol. The van der Waals surface area contributed by atoms with Crippen LogP contribution < -0.4 is 16.0 Å². The van der Waals surface area contributed by atoms with Crippen LogP contribution in [-0.2, 0) is 11.3 Å². The molecule has 212 valence electrons. The molecule has 0 unspecified atom stereocenters. The fourth-order valence-electron chi connectivity index (χ4n) is 4.96. The summed E-state index contributed by atoms with van der Waals surface area (Å²) in [5.41, 5.74) is 1.70. The van der Waals surface area contributed by atoms with E-state index in [1.165, 1.54) is 16.9 Å². The number of aliphatic hydroxyl groups is 1. The number of rotatable bonds is 11. The summed E-state index contributed by atoms with van der Waals surface area (Å²) in [5, 5.41) is 36.9. The standard InChI is InChI=1S/C27H29ClN10O3/c28-23-14-19(6-9-30-23)33-27(41)22-16-31-26-21(34-24-7-10-37(35-24)11-12-39)15-25(36-38(22)26)32-18-3-1-17(2-4-18)13-20(40)5-8-29/h6-7,9-10,14-18,39H,1-5,11-13H2,(H,32,36)(H,34,35)(H,30,33,41). The largest absolute Gasteiger partial charge is 0.394 e. The van der Waals surface area contributed by atoms with Gasteiger partial charge in [-0.2, -0.15) is 10.4 Å². The summed E-state index contributed by atoms with van der Waals surface area (Å²) in [6, 6.07) is 8.83. The molecule has 4 aromatic heterocycles. The number of hydrogen-bond acceptors (Lipinski definition) is 10. The molecule has 13 nitrogen and oxygen atoms in total. The van der Waals surface area contributed by atoms with Crippen molar-refractivity contribution < 1.29 is 14.7 Å². The third kappa shape index (κ3) is 6.97. The number of nitrogens with zero attached hydrogens (tertiary/aromatic N) is 7. The summed E-state index contributed by atoms with van der Waals surface area (Å²) in [7, 11) is 0. The van der Waals surface area contributed by atoms with Gasteiger partial charge in [0, 0.05) is 42.7 Å². The maximum atomic E-state index is 13.2. The summed E-state index contributed by atoms with van der Waals surface area (Å²) in [4.78, 5) is 33.5. The Balaban J connectivity index is 1.39. The minimum Gasteiger partial charge on any atom is -0.394 e. The highest BCUT2D eigenvalue weighted by molar-refractivity contribution is 6.29. The van der Waals surface area contributed by atoms with Crippen molar-refractivity contribution in [1.29, 1.82) is 5.26 Å². The number of anilines is 4. The monoisotopic (exact) mass is 576 g/mol. The maximum absolute atomic E-state index is 13.2. The van der Waals surface area contributed by atoms with E-state index in [0.717, 1.165) is 25.7 Å². The second-order valence-electron chi connectivity index (χ2n) is 9.90. The van der Waals surface area contributed by atoms with Gasteiger partial charge >= 0.3 is 0 Å². The molecular weight excluding hydrogens is 548 g/mol. The Hall–Kier alpha value is -4.54. The third-order valence-electron chi connectivity index (χ3n) is 6.91. The normalized spacial score (nSPS) is 16.7. The van der Waals surface area contributed by atoms with E-state index in [1.807, 2.05) is 12.1 Å². The second kappa shape index (κ2) is 12.8. The van der Waals surface area contributed by atoms with Crippen molar-refractivity contribution >= 4 is 51.9 Å². The first-order chi connectivity index (χ1) is 19.9. The predicted octanol–water partition coefficient (Wildman–Crippen LogP) is 3.81. The Kier molecular flexibility index (Phi) is 8.71. The molecule has 0 saturated heterocycles. The molecule has 1 aliphatic carbocycles. The van der Waals surface area contributed by atoms with E-state index < -0.39 is 5.91 Å². The van der Waals surface area contributed by atoms with E-state index >= 15 is 0 Å². The van der Waals surface area contributed by atoms with Gasteiger partial charge in [-0.05, 0) is 43.7 Å². The van der Waals surface area contributed by atoms with Crippen LogP contribution in [0.25, 0.3) is 5.65 Å². The number of aromatic nitrogens is 6. The van der Waals surface area contributed by atoms with E-state index in [-0.39, 0.29) is 41.6 Å². The van der Waals surface area contributed by atoms with Crippen molar-refractivity contribution in [2.75, 3.05) is 22.6 Å². The van der Waals surface area contributed by atoms with Crippen molar-refractivity contribution in [3.8, 4) is 6.07 Å². The molecule has 0 atom stereocenters. The number of ketones is 1. The SMILES string of the molecule is N#CCC(=O)CC1CCC(Nc2cc(Nc3ccn(CCO)n3)c3ncc(C(=O)Nc4ccnc(Cl)c4)n3n2)CC1. The fourth-order valence-corrected chi connectivity index (χ4v) is 5.13. The van der Waals surface area contributed by atoms with Crippen LogP contribution in [0, 0.1) is 17.2 Å². The van der Waals surface area contributed by atoms with Crippen LogP contribution in [0.15, 0.2) is 42.9 Å². The number of carbonyl (C=O) groups is 2. The van der Waals surface area contributed by atoms with Crippen LogP contribution in [0.2, 0.25) is 5.15 Å². The van der Waals surface area contributed by atoms with Gasteiger partial charge in [0.2, 0.25) is 0 Å². The number of hydrogen-bond donors (Lipinski definition) is 4. The van der Waals surface area contributed by atoms with Gasteiger partial charge < -0.3 is 21.1 Å². The Bertz CT molecular complexity index is 1590. The Morgan fingerprint density at radius 1 is 1.12 bits per heavy atom. The number of pyridine rings is 1. The maximum Gasteiger partial charge on any atom is 0.276 e. The third-order valence-corrected chi connectivity index (χ3v) is 7.12. The zero-order valence-electron chi connectivity index (χ0n) is 22.1. The molecule has 4 heterocycles. The molecule has 1 fully saturated rings. The lowest BCUT2D eigenvalue weighted by Crippen LogP contribution is -2.28. The van der Waals surface area contributed by atoms with Gasteiger partial charge in [0.1, 0.15) is 16.8 Å². The van der Waals surface area contributed by atoms with Gasteiger partial charge in [-0.25, -0.2) is 14.5 Å². The molecular formula is C27H29ClN10O3. The molecule has 1 amide bonds. The van der Waals surface area contributed by atoms with Crippen LogP contribution in [0.5, 0.6) is 0 Å². The molecule has 0 spiro atoms. The van der Waals surface area contributed by atoms with Gasteiger partial charge in [0.25, 0.3) is 5.91 Å². The summed E-state index contributed by atoms with van der Waals surface area (Å²) in [6.45, 7) is 0.322. The number of aliphatic hydroxyl groups excluding tert-OH is 1. The summed E-state index contributed by atoms with van der Waals surface area (Å²) in [5.74, 6) is 0.928. The van der Waals surface area contributed by atoms with Gasteiger partial charge in [0.05, 0.1) is 37.5 Å². The van der Waals surface area contributed by atoms with Crippen LogP contribution in [0.1, 0.15) is 49.0 Å². The van der Waals surface area contributed by atoms with Gasteiger partial charge in [0.15, 0.2) is 17.2 Å². The molecule has 1 aliphatic rings. The van der Waals surface area contributed by atoms with E-state index in [1.54, 1.807) is 29.1 Å². The number of nitrogens with one attached hydrogen (secondary N) is 3. The van der Waals surface area contributed by atoms with E-state index in [0.29, 0.717) is 41.6 Å². The second-order valence-corrected chi connectivity index (χ2v) is 10.3. The van der Waals surface area contributed by atoms with Gasteiger partial charge in [-0.3, -0.25) is 14.3 Å². The molecule has 0 aliphatic heterocycles. The lowest BCUT2D eigenvalue weighted by Gasteiger charge is -2.29. The number of fused-ring (bicyclic) bond motifs is 1. The molecule has 1 saturated carbocycles. The first-order valence-corrected chi connectivity index (χ1v) is 13.7. The van der Waals surface area contributed by atoms with Gasteiger partial charge in [-0.1, -0.05) is 11.6 Å². The lowest BCUT2D eigenvalue weighted by atomic mass is 9.83. The average molecular weight is 577 g/mol. The van der Waals surface area contributed by atoms with Crippen molar-refractivity contribution in [2.45, 2.75) is 51.1 Å². The minimum absolute atomic E-state index is 0.00637. The molecule has 0 aromatic carbocycles. The van der Waals surface area contributed by atoms with E-state index in [9.17, 15) is 14.7 Å². The van der Waals surface area contributed by atoms with E-state index in [4.69, 9.17) is 22.0 Å².